The van der Waals surface area contributed by atoms with E-state index in [1.165, 1.54) is 12.1 Å². The van der Waals surface area contributed by atoms with Crippen LogP contribution in [0.1, 0.15) is 18.4 Å². The Morgan fingerprint density at radius 1 is 1.48 bits per heavy atom. The Bertz CT molecular complexity index is 652. The number of sulfonamides is 1. The van der Waals surface area contributed by atoms with Crippen molar-refractivity contribution in [2.45, 2.75) is 30.2 Å². The van der Waals surface area contributed by atoms with Gasteiger partial charge in [0.25, 0.3) is 0 Å². The van der Waals surface area contributed by atoms with Gasteiger partial charge in [0.05, 0.1) is 21.5 Å². The van der Waals surface area contributed by atoms with E-state index >= 15 is 0 Å². The van der Waals surface area contributed by atoms with E-state index in [1.54, 1.807) is 14.0 Å². The molecule has 1 aromatic rings. The highest BCUT2D eigenvalue weighted by Gasteiger charge is 2.35. The summed E-state index contributed by atoms with van der Waals surface area (Å²) >= 11 is 3.03. The number of rotatable bonds is 6. The van der Waals surface area contributed by atoms with Gasteiger partial charge in [0.2, 0.25) is 10.0 Å². The minimum atomic E-state index is -3.72. The number of ether oxygens (including phenoxy) is 1. The lowest BCUT2D eigenvalue weighted by molar-refractivity contribution is 0.122. The van der Waals surface area contributed by atoms with Gasteiger partial charge in [-0.15, -0.1) is 12.4 Å². The topological polar surface area (TPSA) is 67.4 Å². The van der Waals surface area contributed by atoms with E-state index in [0.29, 0.717) is 12.2 Å². The number of hydrogen-bond acceptors (Lipinski definition) is 4. The Morgan fingerprint density at radius 2 is 2.17 bits per heavy atom. The zero-order chi connectivity index (χ0) is 16.4. The molecule has 0 spiro atoms. The van der Waals surface area contributed by atoms with Crippen molar-refractivity contribution in [1.29, 1.82) is 0 Å². The number of hydrogen-bond donors (Lipinski definition) is 2. The summed E-state index contributed by atoms with van der Waals surface area (Å²) in [5.74, 6) is -0.482. The SMILES string of the molecule is COCC1(CNS(=O)(=O)c2cc(Br)c(F)cc2C)CCCN1.Cl. The van der Waals surface area contributed by atoms with Gasteiger partial charge in [0.15, 0.2) is 0 Å². The molecule has 0 aliphatic carbocycles. The molecular formula is C14H21BrClFN2O3S. The van der Waals surface area contributed by atoms with Gasteiger partial charge in [0, 0.05) is 13.7 Å². The van der Waals surface area contributed by atoms with Crippen molar-refractivity contribution >= 4 is 38.4 Å². The average Bonchev–Trinajstić information content (AvgIpc) is 2.90. The number of halogens is 3. The molecule has 2 N–H and O–H groups in total. The minimum Gasteiger partial charge on any atom is -0.383 e. The molecule has 5 nitrogen and oxygen atoms in total. The molecule has 0 aromatic heterocycles. The fraction of sp³-hybridized carbons (Fsp3) is 0.571. The third-order valence-corrected chi connectivity index (χ3v) is 6.01. The largest absolute Gasteiger partial charge is 0.383 e. The molecule has 0 saturated carbocycles. The molecule has 23 heavy (non-hydrogen) atoms. The maximum atomic E-state index is 13.5. The Balaban J connectivity index is 0.00000264. The van der Waals surface area contributed by atoms with Gasteiger partial charge in [-0.05, 0) is 59.9 Å². The van der Waals surface area contributed by atoms with Crippen LogP contribution in [0.25, 0.3) is 0 Å². The van der Waals surface area contributed by atoms with Crippen molar-refractivity contribution in [1.82, 2.24) is 10.0 Å². The van der Waals surface area contributed by atoms with Crippen LogP contribution in [0, 0.1) is 12.7 Å². The van der Waals surface area contributed by atoms with Crippen LogP contribution >= 0.6 is 28.3 Å². The van der Waals surface area contributed by atoms with E-state index in [0.717, 1.165) is 19.4 Å². The van der Waals surface area contributed by atoms with E-state index < -0.39 is 15.8 Å². The van der Waals surface area contributed by atoms with Crippen molar-refractivity contribution < 1.29 is 17.5 Å². The van der Waals surface area contributed by atoms with Crippen LogP contribution in [0.15, 0.2) is 21.5 Å². The number of methoxy groups -OCH3 is 1. The second-order valence-corrected chi connectivity index (χ2v) is 8.19. The predicted molar refractivity (Wildman–Crippen MR) is 93.1 cm³/mol. The molecule has 1 aromatic carbocycles. The second kappa shape index (κ2) is 8.22. The van der Waals surface area contributed by atoms with E-state index in [9.17, 15) is 12.8 Å². The van der Waals surface area contributed by atoms with Crippen LogP contribution in [0.4, 0.5) is 4.39 Å². The van der Waals surface area contributed by atoms with E-state index in [2.05, 4.69) is 26.0 Å². The van der Waals surface area contributed by atoms with Gasteiger partial charge in [-0.2, -0.15) is 0 Å². The summed E-state index contributed by atoms with van der Waals surface area (Å²) in [6.45, 7) is 3.08. The van der Waals surface area contributed by atoms with Crippen LogP contribution in [-0.4, -0.2) is 40.8 Å². The van der Waals surface area contributed by atoms with E-state index in [1.807, 2.05) is 0 Å². The second-order valence-electron chi connectivity index (χ2n) is 5.60. The van der Waals surface area contributed by atoms with E-state index in [4.69, 9.17) is 4.74 Å². The third kappa shape index (κ3) is 4.87. The first-order chi connectivity index (χ1) is 10.3. The summed E-state index contributed by atoms with van der Waals surface area (Å²) in [4.78, 5) is 0.0753. The molecule has 1 fully saturated rings. The zero-order valence-electron chi connectivity index (χ0n) is 13.0. The van der Waals surface area contributed by atoms with Crippen LogP contribution in [0.3, 0.4) is 0 Å². The van der Waals surface area contributed by atoms with Crippen molar-refractivity contribution in [3.8, 4) is 0 Å². The van der Waals surface area contributed by atoms with Gasteiger partial charge in [-0.25, -0.2) is 17.5 Å². The first-order valence-electron chi connectivity index (χ1n) is 6.99. The van der Waals surface area contributed by atoms with Crippen LogP contribution < -0.4 is 10.0 Å². The fourth-order valence-corrected chi connectivity index (χ4v) is 4.57. The molecular weight excluding hydrogens is 411 g/mol. The molecule has 132 valence electrons. The summed E-state index contributed by atoms with van der Waals surface area (Å²) < 4.78 is 46.4. The third-order valence-electron chi connectivity index (χ3n) is 3.86. The normalized spacial score (nSPS) is 21.2. The van der Waals surface area contributed by atoms with Crippen molar-refractivity contribution in [3.05, 3.63) is 28.0 Å². The van der Waals surface area contributed by atoms with Gasteiger partial charge >= 0.3 is 0 Å². The molecule has 1 aliphatic heterocycles. The van der Waals surface area contributed by atoms with Crippen molar-refractivity contribution in [2.24, 2.45) is 0 Å². The summed E-state index contributed by atoms with van der Waals surface area (Å²) in [5.41, 5.74) is -0.0131. The smallest absolute Gasteiger partial charge is 0.240 e. The first-order valence-corrected chi connectivity index (χ1v) is 9.27. The van der Waals surface area contributed by atoms with Crippen LogP contribution in [0.5, 0.6) is 0 Å². The van der Waals surface area contributed by atoms with Crippen molar-refractivity contribution in [3.63, 3.8) is 0 Å². The zero-order valence-corrected chi connectivity index (χ0v) is 16.2. The summed E-state index contributed by atoms with van der Waals surface area (Å²) in [6.07, 6.45) is 1.82. The van der Waals surface area contributed by atoms with Gasteiger partial charge in [0.1, 0.15) is 5.82 Å². The van der Waals surface area contributed by atoms with Crippen LogP contribution in [-0.2, 0) is 14.8 Å². The highest BCUT2D eigenvalue weighted by Crippen LogP contribution is 2.25. The molecule has 1 saturated heterocycles. The highest BCUT2D eigenvalue weighted by molar-refractivity contribution is 9.10. The number of nitrogens with one attached hydrogen (secondary N) is 2. The molecule has 9 heteroatoms. The molecule has 1 atom stereocenters. The molecule has 2 rings (SSSR count). The summed E-state index contributed by atoms with van der Waals surface area (Å²) in [6, 6.07) is 2.50. The molecule has 0 bridgehead atoms. The molecule has 1 heterocycles. The highest BCUT2D eigenvalue weighted by atomic mass is 79.9. The lowest BCUT2D eigenvalue weighted by Gasteiger charge is -2.29. The maximum Gasteiger partial charge on any atom is 0.240 e. The molecule has 0 radical (unpaired) electrons. The Kier molecular flexibility index (Phi) is 7.43. The Hall–Kier alpha value is -0.250. The quantitative estimate of drug-likeness (QED) is 0.726. The molecule has 1 aliphatic rings. The number of aryl methyl sites for hydroxylation is 1. The van der Waals surface area contributed by atoms with Crippen molar-refractivity contribution in [2.75, 3.05) is 26.8 Å². The Morgan fingerprint density at radius 3 is 2.74 bits per heavy atom. The van der Waals surface area contributed by atoms with Gasteiger partial charge < -0.3 is 10.1 Å². The van der Waals surface area contributed by atoms with Gasteiger partial charge in [-0.3, -0.25) is 0 Å². The molecule has 1 unspecified atom stereocenters. The average molecular weight is 432 g/mol. The lowest BCUT2D eigenvalue weighted by Crippen LogP contribution is -2.52. The summed E-state index contributed by atoms with van der Waals surface area (Å²) in [7, 11) is -2.12. The number of benzene rings is 1. The minimum absolute atomic E-state index is 0. The van der Waals surface area contributed by atoms with E-state index in [-0.39, 0.29) is 33.9 Å². The maximum absolute atomic E-state index is 13.5. The Labute approximate surface area is 151 Å². The summed E-state index contributed by atoms with van der Waals surface area (Å²) in [5, 5.41) is 3.31. The standard InChI is InChI=1S/C14H20BrFN2O3S.ClH/c1-10-6-12(16)11(15)7-13(10)22(19,20)18-8-14(9-21-2)4-3-5-17-14;/h6-7,17-18H,3-5,8-9H2,1-2H3;1H. The van der Waals surface area contributed by atoms with Crippen LogP contribution in [0.2, 0.25) is 0 Å². The molecule has 0 amide bonds. The first kappa shape index (κ1) is 20.8. The monoisotopic (exact) mass is 430 g/mol. The van der Waals surface area contributed by atoms with Gasteiger partial charge in [-0.1, -0.05) is 0 Å². The fourth-order valence-electron chi connectivity index (χ4n) is 2.70. The predicted octanol–water partition coefficient (Wildman–Crippen LogP) is 2.37. The lowest BCUT2D eigenvalue weighted by atomic mass is 9.99.